The van der Waals surface area contributed by atoms with Gasteiger partial charge in [0.05, 0.1) is 6.20 Å². The largest absolute Gasteiger partial charge is 0.341 e. The van der Waals surface area contributed by atoms with Crippen molar-refractivity contribution in [1.29, 1.82) is 0 Å². The lowest BCUT2D eigenvalue weighted by Gasteiger charge is -2.30. The van der Waals surface area contributed by atoms with E-state index in [4.69, 9.17) is 11.6 Å². The molecule has 0 N–H and O–H groups in total. The zero-order valence-corrected chi connectivity index (χ0v) is 18.8. The molecule has 0 atom stereocenters. The molecule has 3 heterocycles. The van der Waals surface area contributed by atoms with E-state index in [1.165, 1.54) is 4.68 Å². The number of carbonyl (C=O) groups excluding carboxylic acids is 1. The van der Waals surface area contributed by atoms with Crippen LogP contribution in [0.5, 0.6) is 0 Å². The van der Waals surface area contributed by atoms with Crippen LogP contribution in [0.2, 0.25) is 5.02 Å². The number of hydrogen-bond acceptors (Lipinski definition) is 3. The van der Waals surface area contributed by atoms with Crippen molar-refractivity contribution in [3.05, 3.63) is 75.7 Å². The maximum absolute atomic E-state index is 13.5. The standard InChI is InChI=1S/C25H25ClN4O2/c1-17-9-11-28(12-10-17)23(31)16-30-25(32)24-21(14-27-30)20-7-2-3-8-22(20)29(24)15-18-5-4-6-19(26)13-18/h2-8,13-14,17H,9-12,15-16H2,1H3. The van der Waals surface area contributed by atoms with Crippen LogP contribution in [-0.2, 0) is 17.9 Å². The third kappa shape index (κ3) is 3.79. The summed E-state index contributed by atoms with van der Waals surface area (Å²) in [5.74, 6) is 0.585. The van der Waals surface area contributed by atoms with Gasteiger partial charge < -0.3 is 9.47 Å². The highest BCUT2D eigenvalue weighted by atomic mass is 35.5. The summed E-state index contributed by atoms with van der Waals surface area (Å²) < 4.78 is 3.31. The van der Waals surface area contributed by atoms with Gasteiger partial charge in [0.15, 0.2) is 0 Å². The number of hydrogen-bond donors (Lipinski definition) is 0. The number of likely N-dealkylation sites (tertiary alicyclic amines) is 1. The van der Waals surface area contributed by atoms with Crippen LogP contribution >= 0.6 is 11.6 Å². The Morgan fingerprint density at radius 2 is 1.88 bits per heavy atom. The fraction of sp³-hybridized carbons (Fsp3) is 0.320. The van der Waals surface area contributed by atoms with Crippen molar-refractivity contribution in [3.63, 3.8) is 0 Å². The first-order chi connectivity index (χ1) is 15.5. The molecule has 1 amide bonds. The summed E-state index contributed by atoms with van der Waals surface area (Å²) >= 11 is 6.19. The van der Waals surface area contributed by atoms with E-state index in [0.717, 1.165) is 47.8 Å². The van der Waals surface area contributed by atoms with Gasteiger partial charge in [0.2, 0.25) is 5.91 Å². The summed E-state index contributed by atoms with van der Waals surface area (Å²) in [7, 11) is 0. The summed E-state index contributed by atoms with van der Waals surface area (Å²) in [5.41, 5.74) is 2.26. The minimum atomic E-state index is -0.251. The van der Waals surface area contributed by atoms with Crippen LogP contribution < -0.4 is 5.56 Å². The molecule has 164 valence electrons. The minimum absolute atomic E-state index is 0.0398. The van der Waals surface area contributed by atoms with Gasteiger partial charge in [0, 0.05) is 40.9 Å². The van der Waals surface area contributed by atoms with Gasteiger partial charge in [-0.15, -0.1) is 0 Å². The molecule has 0 spiro atoms. The van der Waals surface area contributed by atoms with Crippen LogP contribution in [0.15, 0.2) is 59.5 Å². The van der Waals surface area contributed by atoms with Crippen molar-refractivity contribution < 1.29 is 4.79 Å². The Bertz CT molecular complexity index is 1370. The summed E-state index contributed by atoms with van der Waals surface area (Å²) in [4.78, 5) is 28.2. The number of carbonyl (C=O) groups is 1. The number of piperidine rings is 1. The molecule has 7 heteroatoms. The number of benzene rings is 2. The van der Waals surface area contributed by atoms with E-state index in [2.05, 4.69) is 12.0 Å². The van der Waals surface area contributed by atoms with Crippen LogP contribution in [0.4, 0.5) is 0 Å². The second-order valence-corrected chi connectivity index (χ2v) is 9.10. The molecule has 1 saturated heterocycles. The van der Waals surface area contributed by atoms with E-state index in [9.17, 15) is 9.59 Å². The zero-order chi connectivity index (χ0) is 22.2. The third-order valence-electron chi connectivity index (χ3n) is 6.42. The van der Waals surface area contributed by atoms with E-state index in [0.29, 0.717) is 23.0 Å². The van der Waals surface area contributed by atoms with Crippen molar-refractivity contribution in [2.75, 3.05) is 13.1 Å². The molecule has 0 saturated carbocycles. The first-order valence-electron chi connectivity index (χ1n) is 11.0. The quantitative estimate of drug-likeness (QED) is 0.467. The highest BCUT2D eigenvalue weighted by molar-refractivity contribution is 6.30. The molecule has 2 aromatic heterocycles. The average Bonchev–Trinajstić information content (AvgIpc) is 3.10. The molecule has 1 fully saturated rings. The Balaban J connectivity index is 1.57. The highest BCUT2D eigenvalue weighted by Gasteiger charge is 2.22. The lowest BCUT2D eigenvalue weighted by Crippen LogP contribution is -2.41. The summed E-state index contributed by atoms with van der Waals surface area (Å²) in [6.45, 7) is 4.15. The Morgan fingerprint density at radius 3 is 2.66 bits per heavy atom. The molecule has 0 aliphatic carbocycles. The van der Waals surface area contributed by atoms with Gasteiger partial charge in [0.25, 0.3) is 5.56 Å². The molecular formula is C25H25ClN4O2. The highest BCUT2D eigenvalue weighted by Crippen LogP contribution is 2.27. The SMILES string of the molecule is CC1CCN(C(=O)Cn2ncc3c4ccccc4n(Cc4cccc(Cl)c4)c3c2=O)CC1. The molecule has 5 rings (SSSR count). The van der Waals surface area contributed by atoms with Gasteiger partial charge in [-0.2, -0.15) is 5.10 Å². The van der Waals surface area contributed by atoms with Crippen LogP contribution in [-0.4, -0.2) is 38.2 Å². The van der Waals surface area contributed by atoms with Crippen molar-refractivity contribution in [1.82, 2.24) is 19.2 Å². The number of amides is 1. The second kappa shape index (κ2) is 8.43. The van der Waals surface area contributed by atoms with Gasteiger partial charge in [-0.05, 0) is 42.5 Å². The van der Waals surface area contributed by atoms with E-state index in [1.807, 2.05) is 58.0 Å². The smallest absolute Gasteiger partial charge is 0.291 e. The van der Waals surface area contributed by atoms with E-state index >= 15 is 0 Å². The number of para-hydroxylation sites is 1. The zero-order valence-electron chi connectivity index (χ0n) is 18.0. The molecule has 0 radical (unpaired) electrons. The summed E-state index contributed by atoms with van der Waals surface area (Å²) in [6.07, 6.45) is 3.71. The molecule has 1 aliphatic rings. The van der Waals surface area contributed by atoms with Gasteiger partial charge in [-0.25, -0.2) is 4.68 Å². The molecule has 0 bridgehead atoms. The predicted octanol–water partition coefficient (Wildman–Crippen LogP) is 4.31. The normalized spacial score (nSPS) is 15.0. The number of fused-ring (bicyclic) bond motifs is 3. The van der Waals surface area contributed by atoms with Crippen molar-refractivity contribution in [2.24, 2.45) is 5.92 Å². The third-order valence-corrected chi connectivity index (χ3v) is 6.66. The minimum Gasteiger partial charge on any atom is -0.341 e. The van der Waals surface area contributed by atoms with Crippen LogP contribution in [0.25, 0.3) is 21.8 Å². The van der Waals surface area contributed by atoms with Gasteiger partial charge in [-0.3, -0.25) is 9.59 Å². The molecule has 1 aliphatic heterocycles. The lowest BCUT2D eigenvalue weighted by molar-refractivity contribution is -0.133. The molecule has 2 aromatic carbocycles. The summed E-state index contributed by atoms with van der Waals surface area (Å²) in [5, 5.41) is 6.78. The molecular weight excluding hydrogens is 424 g/mol. The van der Waals surface area contributed by atoms with E-state index in [1.54, 1.807) is 6.20 Å². The number of nitrogens with zero attached hydrogens (tertiary/aromatic N) is 4. The number of rotatable bonds is 4. The molecule has 32 heavy (non-hydrogen) atoms. The summed E-state index contributed by atoms with van der Waals surface area (Å²) in [6, 6.07) is 15.6. The van der Waals surface area contributed by atoms with Gasteiger partial charge in [0.1, 0.15) is 12.1 Å². The monoisotopic (exact) mass is 448 g/mol. The average molecular weight is 449 g/mol. The van der Waals surface area contributed by atoms with Crippen LogP contribution in [0.1, 0.15) is 25.3 Å². The first-order valence-corrected chi connectivity index (χ1v) is 11.4. The second-order valence-electron chi connectivity index (χ2n) is 8.67. The van der Waals surface area contributed by atoms with Gasteiger partial charge >= 0.3 is 0 Å². The number of aromatic nitrogens is 3. The molecule has 4 aromatic rings. The molecule has 6 nitrogen and oxygen atoms in total. The van der Waals surface area contributed by atoms with Gasteiger partial charge in [-0.1, -0.05) is 48.9 Å². The Hall–Kier alpha value is -3.12. The maximum Gasteiger partial charge on any atom is 0.291 e. The van der Waals surface area contributed by atoms with Crippen LogP contribution in [0, 0.1) is 5.92 Å². The Labute approximate surface area is 191 Å². The Kier molecular flexibility index (Phi) is 5.47. The predicted molar refractivity (Wildman–Crippen MR) is 127 cm³/mol. The Morgan fingerprint density at radius 1 is 1.09 bits per heavy atom. The first kappa shape index (κ1) is 20.8. The van der Waals surface area contributed by atoms with E-state index < -0.39 is 0 Å². The topological polar surface area (TPSA) is 60.1 Å². The van der Waals surface area contributed by atoms with Crippen molar-refractivity contribution in [2.45, 2.75) is 32.9 Å². The maximum atomic E-state index is 13.5. The van der Waals surface area contributed by atoms with Crippen molar-refractivity contribution >= 4 is 39.3 Å². The van der Waals surface area contributed by atoms with Crippen LogP contribution in [0.3, 0.4) is 0 Å². The number of halogens is 1. The fourth-order valence-corrected chi connectivity index (χ4v) is 4.79. The van der Waals surface area contributed by atoms with E-state index in [-0.39, 0.29) is 18.0 Å². The lowest BCUT2D eigenvalue weighted by atomic mass is 9.99. The fourth-order valence-electron chi connectivity index (χ4n) is 4.57. The molecule has 0 unspecified atom stereocenters. The van der Waals surface area contributed by atoms with Crippen molar-refractivity contribution in [3.8, 4) is 0 Å².